The van der Waals surface area contributed by atoms with E-state index < -0.39 is 0 Å². The number of likely N-dealkylation sites (tertiary alicyclic amines) is 1. The lowest BCUT2D eigenvalue weighted by Gasteiger charge is -2.32. The van der Waals surface area contributed by atoms with E-state index in [-0.39, 0.29) is 11.6 Å². The van der Waals surface area contributed by atoms with Gasteiger partial charge in [0, 0.05) is 38.7 Å². The Kier molecular flexibility index (Phi) is 5.67. The van der Waals surface area contributed by atoms with Crippen molar-refractivity contribution in [2.75, 3.05) is 13.1 Å². The molecule has 0 radical (unpaired) electrons. The minimum absolute atomic E-state index is 0.136. The number of aromatic nitrogens is 5. The molecular weight excluding hydrogens is 320 g/mol. The number of aromatic amines is 2. The lowest BCUT2D eigenvalue weighted by Crippen LogP contribution is -2.39. The number of amides is 1. The van der Waals surface area contributed by atoms with Crippen LogP contribution in [0.2, 0.25) is 0 Å². The molecule has 136 valence electrons. The number of aryl methyl sites for hydroxylation is 1. The highest BCUT2D eigenvalue weighted by atomic mass is 16.2. The van der Waals surface area contributed by atoms with Crippen molar-refractivity contribution in [1.82, 2.24) is 29.9 Å². The van der Waals surface area contributed by atoms with Gasteiger partial charge in [0.15, 0.2) is 0 Å². The summed E-state index contributed by atoms with van der Waals surface area (Å²) in [6.45, 7) is 4.19. The molecule has 0 aliphatic carbocycles. The Morgan fingerprint density at radius 1 is 1.36 bits per heavy atom. The fourth-order valence-corrected chi connectivity index (χ4v) is 3.49. The van der Waals surface area contributed by atoms with Crippen molar-refractivity contribution in [3.63, 3.8) is 0 Å². The van der Waals surface area contributed by atoms with Gasteiger partial charge in [-0.05, 0) is 44.1 Å². The third-order valence-corrected chi connectivity index (χ3v) is 5.00. The molecule has 8 nitrogen and oxygen atoms in total. The first-order valence-corrected chi connectivity index (χ1v) is 9.07. The predicted octanol–water partition coefficient (Wildman–Crippen LogP) is 1.12. The Bertz CT molecular complexity index is 725. The molecule has 1 aliphatic rings. The summed E-state index contributed by atoms with van der Waals surface area (Å²) >= 11 is 0. The zero-order valence-corrected chi connectivity index (χ0v) is 14.7. The van der Waals surface area contributed by atoms with E-state index in [0.29, 0.717) is 18.9 Å². The van der Waals surface area contributed by atoms with Crippen molar-refractivity contribution >= 4 is 5.91 Å². The molecule has 3 heterocycles. The molecule has 0 atom stereocenters. The van der Waals surface area contributed by atoms with Gasteiger partial charge in [-0.15, -0.1) is 0 Å². The maximum absolute atomic E-state index is 12.3. The van der Waals surface area contributed by atoms with Crippen LogP contribution in [0.15, 0.2) is 17.2 Å². The molecular formula is C17H26N6O2. The standard InChI is InChI=1S/C17H26N6O2/c1-2-23-15(20-21-17(23)25)10-13-6-8-22(9-7-13)16(24)5-3-4-14-11-18-19-12-14/h11-13H,2-10H2,1H3,(H,18,19)(H,21,25). The van der Waals surface area contributed by atoms with Gasteiger partial charge in [0.25, 0.3) is 0 Å². The van der Waals surface area contributed by atoms with Gasteiger partial charge in [0.05, 0.1) is 6.20 Å². The van der Waals surface area contributed by atoms with Crippen molar-refractivity contribution < 1.29 is 4.79 Å². The number of H-pyrrole nitrogens is 2. The van der Waals surface area contributed by atoms with E-state index in [0.717, 1.165) is 56.6 Å². The van der Waals surface area contributed by atoms with E-state index in [4.69, 9.17) is 0 Å². The Morgan fingerprint density at radius 2 is 2.16 bits per heavy atom. The summed E-state index contributed by atoms with van der Waals surface area (Å²) in [4.78, 5) is 25.9. The summed E-state index contributed by atoms with van der Waals surface area (Å²) in [5.41, 5.74) is 1.01. The van der Waals surface area contributed by atoms with Crippen molar-refractivity contribution in [3.8, 4) is 0 Å². The maximum atomic E-state index is 12.3. The van der Waals surface area contributed by atoms with Crippen LogP contribution >= 0.6 is 0 Å². The molecule has 0 bridgehead atoms. The van der Waals surface area contributed by atoms with Crippen LogP contribution < -0.4 is 5.69 Å². The van der Waals surface area contributed by atoms with Crippen LogP contribution in [0.25, 0.3) is 0 Å². The van der Waals surface area contributed by atoms with Crippen molar-refractivity contribution in [2.24, 2.45) is 5.92 Å². The van der Waals surface area contributed by atoms with Gasteiger partial charge in [-0.25, -0.2) is 9.89 Å². The summed E-state index contributed by atoms with van der Waals surface area (Å²) in [7, 11) is 0. The monoisotopic (exact) mass is 346 g/mol. The largest absolute Gasteiger partial charge is 0.343 e. The Morgan fingerprint density at radius 3 is 2.84 bits per heavy atom. The normalized spacial score (nSPS) is 15.6. The maximum Gasteiger partial charge on any atom is 0.343 e. The SMILES string of the molecule is CCn1c(CC2CCN(C(=O)CCCc3cn[nH]c3)CC2)n[nH]c1=O. The number of nitrogens with one attached hydrogen (secondary N) is 2. The van der Waals surface area contributed by atoms with Crippen LogP contribution in [-0.2, 0) is 24.2 Å². The number of hydrogen-bond acceptors (Lipinski definition) is 4. The van der Waals surface area contributed by atoms with Crippen LogP contribution in [0.3, 0.4) is 0 Å². The molecule has 1 amide bonds. The number of piperidine rings is 1. The summed E-state index contributed by atoms with van der Waals surface area (Å²) in [6, 6.07) is 0. The molecule has 0 unspecified atom stereocenters. The summed E-state index contributed by atoms with van der Waals surface area (Å²) in [5, 5.41) is 13.4. The van der Waals surface area contributed by atoms with Crippen molar-refractivity contribution in [3.05, 3.63) is 34.3 Å². The fraction of sp³-hybridized carbons (Fsp3) is 0.647. The highest BCUT2D eigenvalue weighted by Crippen LogP contribution is 2.21. The van der Waals surface area contributed by atoms with Gasteiger partial charge >= 0.3 is 5.69 Å². The van der Waals surface area contributed by atoms with E-state index in [9.17, 15) is 9.59 Å². The summed E-state index contributed by atoms with van der Waals surface area (Å²) in [6.07, 6.45) is 8.75. The molecule has 0 aromatic carbocycles. The number of hydrogen-bond donors (Lipinski definition) is 2. The van der Waals surface area contributed by atoms with Crippen LogP contribution in [0.1, 0.15) is 44.0 Å². The van der Waals surface area contributed by atoms with E-state index in [1.165, 1.54) is 0 Å². The average molecular weight is 346 g/mol. The summed E-state index contributed by atoms with van der Waals surface area (Å²) in [5.74, 6) is 1.56. The third kappa shape index (κ3) is 4.37. The molecule has 3 rings (SSSR count). The number of carbonyl (C=O) groups is 1. The van der Waals surface area contributed by atoms with Gasteiger partial charge in [-0.1, -0.05) is 0 Å². The first-order chi connectivity index (χ1) is 12.2. The van der Waals surface area contributed by atoms with Crippen molar-refractivity contribution in [2.45, 2.75) is 52.0 Å². The molecule has 8 heteroatoms. The molecule has 1 saturated heterocycles. The highest BCUT2D eigenvalue weighted by molar-refractivity contribution is 5.76. The molecule has 1 fully saturated rings. The van der Waals surface area contributed by atoms with Gasteiger partial charge < -0.3 is 4.90 Å². The molecule has 25 heavy (non-hydrogen) atoms. The summed E-state index contributed by atoms with van der Waals surface area (Å²) < 4.78 is 1.69. The smallest absolute Gasteiger partial charge is 0.343 e. The zero-order chi connectivity index (χ0) is 17.6. The van der Waals surface area contributed by atoms with Gasteiger partial charge in [-0.2, -0.15) is 10.2 Å². The topological polar surface area (TPSA) is 99.7 Å². The van der Waals surface area contributed by atoms with Crippen LogP contribution in [0.5, 0.6) is 0 Å². The highest BCUT2D eigenvalue weighted by Gasteiger charge is 2.24. The first kappa shape index (κ1) is 17.4. The number of carbonyl (C=O) groups excluding carboxylic acids is 1. The van der Waals surface area contributed by atoms with E-state index in [1.807, 2.05) is 18.0 Å². The lowest BCUT2D eigenvalue weighted by atomic mass is 9.93. The molecule has 1 aliphatic heterocycles. The second-order valence-corrected chi connectivity index (χ2v) is 6.68. The number of rotatable bonds is 7. The molecule has 2 aromatic heterocycles. The average Bonchev–Trinajstić information content (AvgIpc) is 3.25. The Balaban J connectivity index is 1.41. The third-order valence-electron chi connectivity index (χ3n) is 5.00. The van der Waals surface area contributed by atoms with E-state index in [1.54, 1.807) is 10.8 Å². The second-order valence-electron chi connectivity index (χ2n) is 6.68. The molecule has 2 N–H and O–H groups in total. The molecule has 0 spiro atoms. The fourth-order valence-electron chi connectivity index (χ4n) is 3.49. The second kappa shape index (κ2) is 8.13. The van der Waals surface area contributed by atoms with Crippen molar-refractivity contribution in [1.29, 1.82) is 0 Å². The zero-order valence-electron chi connectivity index (χ0n) is 14.7. The van der Waals surface area contributed by atoms with Crippen LogP contribution in [0.4, 0.5) is 0 Å². The van der Waals surface area contributed by atoms with Crippen LogP contribution in [-0.4, -0.2) is 48.9 Å². The van der Waals surface area contributed by atoms with Gasteiger partial charge in [0.2, 0.25) is 5.91 Å². The lowest BCUT2D eigenvalue weighted by molar-refractivity contribution is -0.132. The van der Waals surface area contributed by atoms with E-state index >= 15 is 0 Å². The molecule has 2 aromatic rings. The first-order valence-electron chi connectivity index (χ1n) is 9.07. The van der Waals surface area contributed by atoms with Gasteiger partial charge in [0.1, 0.15) is 5.82 Å². The molecule has 0 saturated carbocycles. The van der Waals surface area contributed by atoms with Gasteiger partial charge in [-0.3, -0.25) is 14.5 Å². The minimum Gasteiger partial charge on any atom is -0.343 e. The Labute approximate surface area is 146 Å². The van der Waals surface area contributed by atoms with Crippen LogP contribution in [0, 0.1) is 5.92 Å². The minimum atomic E-state index is -0.136. The quantitative estimate of drug-likeness (QED) is 0.784. The van der Waals surface area contributed by atoms with E-state index in [2.05, 4.69) is 20.4 Å². The number of nitrogens with zero attached hydrogens (tertiary/aromatic N) is 4. The Hall–Kier alpha value is -2.38. The predicted molar refractivity (Wildman–Crippen MR) is 93.1 cm³/mol.